The molecule has 120 valence electrons. The number of nitrogens with zero attached hydrogens (tertiary/aromatic N) is 4. The summed E-state index contributed by atoms with van der Waals surface area (Å²) < 4.78 is 1.70. The first-order valence-electron chi connectivity index (χ1n) is 7.71. The first-order valence-corrected chi connectivity index (χ1v) is 8.65. The van der Waals surface area contributed by atoms with Gasteiger partial charge in [0.05, 0.1) is 22.9 Å². The summed E-state index contributed by atoms with van der Waals surface area (Å²) >= 11 is 1.52. The number of aryl methyl sites for hydroxylation is 1. The Bertz CT molecular complexity index is 754. The van der Waals surface area contributed by atoms with Gasteiger partial charge in [0.2, 0.25) is 5.91 Å². The number of likely N-dealkylation sites (tertiary alicyclic amines) is 1. The zero-order chi connectivity index (χ0) is 16.0. The Morgan fingerprint density at radius 3 is 2.87 bits per heavy atom. The maximum Gasteiger partial charge on any atom is 0.254 e. The molecule has 2 amide bonds. The lowest BCUT2D eigenvalue weighted by molar-refractivity contribution is -0.124. The van der Waals surface area contributed by atoms with Crippen molar-refractivity contribution in [2.24, 2.45) is 12.5 Å². The first kappa shape index (κ1) is 14.4. The van der Waals surface area contributed by atoms with E-state index in [1.54, 1.807) is 10.9 Å². The molecular formula is C16H18N4O2S. The predicted octanol–water partition coefficient (Wildman–Crippen LogP) is 1.75. The van der Waals surface area contributed by atoms with Gasteiger partial charge in [-0.3, -0.25) is 14.3 Å². The third-order valence-electron chi connectivity index (χ3n) is 4.92. The second kappa shape index (κ2) is 5.19. The number of rotatable bonds is 2. The van der Waals surface area contributed by atoms with Gasteiger partial charge in [0.15, 0.2) is 0 Å². The molecule has 2 saturated heterocycles. The summed E-state index contributed by atoms with van der Waals surface area (Å²) in [7, 11) is 1.84. The number of carbonyl (C=O) groups excluding carboxylic acids is 2. The molecule has 2 aromatic heterocycles. The Hall–Kier alpha value is -2.15. The minimum atomic E-state index is -0.415. The van der Waals surface area contributed by atoms with Crippen molar-refractivity contribution in [1.29, 1.82) is 0 Å². The monoisotopic (exact) mass is 330 g/mol. The Labute approximate surface area is 138 Å². The van der Waals surface area contributed by atoms with E-state index in [9.17, 15) is 9.59 Å². The SMILES string of the molecule is Cn1cc(N2CC[C@]3(CCN(C(=O)c4ccsc4)C3)C2=O)cn1. The van der Waals surface area contributed by atoms with Gasteiger partial charge in [0, 0.05) is 38.3 Å². The molecule has 2 aliphatic heterocycles. The molecule has 0 aliphatic carbocycles. The average Bonchev–Trinajstić information content (AvgIpc) is 3.30. The summed E-state index contributed by atoms with van der Waals surface area (Å²) in [4.78, 5) is 29.1. The zero-order valence-electron chi connectivity index (χ0n) is 12.9. The highest BCUT2D eigenvalue weighted by molar-refractivity contribution is 7.08. The third-order valence-corrected chi connectivity index (χ3v) is 5.61. The van der Waals surface area contributed by atoms with Crippen molar-refractivity contribution < 1.29 is 9.59 Å². The van der Waals surface area contributed by atoms with Crippen molar-refractivity contribution >= 4 is 28.8 Å². The minimum absolute atomic E-state index is 0.0377. The summed E-state index contributed by atoms with van der Waals surface area (Å²) in [5, 5.41) is 7.92. The third kappa shape index (κ3) is 2.26. The van der Waals surface area contributed by atoms with Crippen LogP contribution in [0.5, 0.6) is 0 Å². The smallest absolute Gasteiger partial charge is 0.254 e. The number of amides is 2. The Morgan fingerprint density at radius 2 is 2.17 bits per heavy atom. The highest BCUT2D eigenvalue weighted by Gasteiger charge is 2.52. The quantitative estimate of drug-likeness (QED) is 0.843. The molecule has 0 aromatic carbocycles. The van der Waals surface area contributed by atoms with Crippen molar-refractivity contribution in [1.82, 2.24) is 14.7 Å². The van der Waals surface area contributed by atoms with Gasteiger partial charge < -0.3 is 9.80 Å². The highest BCUT2D eigenvalue weighted by Crippen LogP contribution is 2.42. The number of thiophene rings is 1. The molecule has 0 N–H and O–H groups in total. The van der Waals surface area contributed by atoms with E-state index in [1.165, 1.54) is 11.3 Å². The topological polar surface area (TPSA) is 58.4 Å². The summed E-state index contributed by atoms with van der Waals surface area (Å²) in [5.41, 5.74) is 1.15. The molecule has 6 nitrogen and oxygen atoms in total. The summed E-state index contributed by atoms with van der Waals surface area (Å²) in [5.74, 6) is 0.168. The molecule has 7 heteroatoms. The van der Waals surface area contributed by atoms with E-state index in [2.05, 4.69) is 5.10 Å². The molecule has 0 radical (unpaired) electrons. The average molecular weight is 330 g/mol. The fourth-order valence-corrected chi connectivity index (χ4v) is 4.24. The normalized spacial score (nSPS) is 24.1. The van der Waals surface area contributed by atoms with Gasteiger partial charge >= 0.3 is 0 Å². The Morgan fingerprint density at radius 1 is 1.35 bits per heavy atom. The summed E-state index contributed by atoms with van der Waals surface area (Å²) in [6.07, 6.45) is 5.13. The molecule has 1 atom stereocenters. The maximum absolute atomic E-state index is 12.9. The van der Waals surface area contributed by atoms with Crippen LogP contribution in [0, 0.1) is 5.41 Å². The van der Waals surface area contributed by atoms with Crippen LogP contribution in [0.25, 0.3) is 0 Å². The maximum atomic E-state index is 12.9. The second-order valence-electron chi connectivity index (χ2n) is 6.35. The molecule has 23 heavy (non-hydrogen) atoms. The molecule has 0 bridgehead atoms. The molecule has 2 aromatic rings. The lowest BCUT2D eigenvalue weighted by Crippen LogP contribution is -2.38. The van der Waals surface area contributed by atoms with Gasteiger partial charge in [-0.1, -0.05) is 0 Å². The van der Waals surface area contributed by atoms with Crippen LogP contribution in [-0.4, -0.2) is 46.1 Å². The van der Waals surface area contributed by atoms with Crippen LogP contribution in [0.3, 0.4) is 0 Å². The van der Waals surface area contributed by atoms with Gasteiger partial charge in [0.1, 0.15) is 0 Å². The van der Waals surface area contributed by atoms with Crippen LogP contribution in [0.2, 0.25) is 0 Å². The van der Waals surface area contributed by atoms with Gasteiger partial charge in [0.25, 0.3) is 5.91 Å². The van der Waals surface area contributed by atoms with E-state index in [0.29, 0.717) is 19.6 Å². The highest BCUT2D eigenvalue weighted by atomic mass is 32.1. The number of hydrogen-bond donors (Lipinski definition) is 0. The number of anilines is 1. The zero-order valence-corrected chi connectivity index (χ0v) is 13.8. The van der Waals surface area contributed by atoms with Crippen LogP contribution < -0.4 is 4.90 Å². The van der Waals surface area contributed by atoms with Gasteiger partial charge in [-0.2, -0.15) is 16.4 Å². The molecule has 2 aliphatic rings. The lowest BCUT2D eigenvalue weighted by Gasteiger charge is -2.23. The molecule has 0 saturated carbocycles. The summed E-state index contributed by atoms with van der Waals surface area (Å²) in [6, 6.07) is 1.84. The van der Waals surface area contributed by atoms with Crippen molar-refractivity contribution in [3.05, 3.63) is 34.8 Å². The number of carbonyl (C=O) groups is 2. The van der Waals surface area contributed by atoms with E-state index in [4.69, 9.17) is 0 Å². The molecule has 0 unspecified atom stereocenters. The van der Waals surface area contributed by atoms with Crippen LogP contribution >= 0.6 is 11.3 Å². The van der Waals surface area contributed by atoms with Crippen LogP contribution in [0.15, 0.2) is 29.2 Å². The van der Waals surface area contributed by atoms with Crippen LogP contribution in [0.1, 0.15) is 23.2 Å². The largest absolute Gasteiger partial charge is 0.338 e. The summed E-state index contributed by atoms with van der Waals surface area (Å²) in [6.45, 7) is 1.88. The molecule has 2 fully saturated rings. The fourth-order valence-electron chi connectivity index (χ4n) is 3.61. The minimum Gasteiger partial charge on any atom is -0.338 e. The van der Waals surface area contributed by atoms with Crippen molar-refractivity contribution in [3.63, 3.8) is 0 Å². The van der Waals surface area contributed by atoms with Gasteiger partial charge in [-0.05, 0) is 24.3 Å². The van der Waals surface area contributed by atoms with Crippen molar-refractivity contribution in [2.45, 2.75) is 12.8 Å². The molecular weight excluding hydrogens is 312 g/mol. The van der Waals surface area contributed by atoms with Crippen molar-refractivity contribution in [2.75, 3.05) is 24.5 Å². The Balaban J connectivity index is 1.52. The van der Waals surface area contributed by atoms with Crippen LogP contribution in [0.4, 0.5) is 5.69 Å². The fraction of sp³-hybridized carbons (Fsp3) is 0.438. The standard InChI is InChI=1S/C16H18N4O2S/c1-18-9-13(8-17-18)20-6-4-16(15(20)22)3-5-19(11-16)14(21)12-2-7-23-10-12/h2,7-10H,3-6,11H2,1H3/t16-/m0/s1. The van der Waals surface area contributed by atoms with Gasteiger partial charge in [-0.15, -0.1) is 0 Å². The second-order valence-corrected chi connectivity index (χ2v) is 7.13. The van der Waals surface area contributed by atoms with E-state index in [1.807, 2.05) is 39.9 Å². The van der Waals surface area contributed by atoms with E-state index in [0.717, 1.165) is 24.1 Å². The number of hydrogen-bond acceptors (Lipinski definition) is 4. The predicted molar refractivity (Wildman–Crippen MR) is 87.5 cm³/mol. The number of aromatic nitrogens is 2. The first-order chi connectivity index (χ1) is 11.1. The van der Waals surface area contributed by atoms with E-state index < -0.39 is 5.41 Å². The van der Waals surface area contributed by atoms with Crippen molar-refractivity contribution in [3.8, 4) is 0 Å². The van der Waals surface area contributed by atoms with E-state index >= 15 is 0 Å². The Kier molecular flexibility index (Phi) is 3.26. The molecule has 4 rings (SSSR count). The van der Waals surface area contributed by atoms with E-state index in [-0.39, 0.29) is 11.8 Å². The molecule has 1 spiro atoms. The molecule has 4 heterocycles. The van der Waals surface area contributed by atoms with Crippen LogP contribution in [-0.2, 0) is 11.8 Å². The lowest BCUT2D eigenvalue weighted by atomic mass is 9.85. The van der Waals surface area contributed by atoms with Gasteiger partial charge in [-0.25, -0.2) is 0 Å².